The predicted octanol–water partition coefficient (Wildman–Crippen LogP) is -1.70. The first kappa shape index (κ1) is 30.6. The van der Waals surface area contributed by atoms with E-state index in [-0.39, 0.29) is 25.2 Å². The highest BCUT2D eigenvalue weighted by atomic mass is 32.2. The molecule has 0 aromatic heterocycles. The second-order valence-electron chi connectivity index (χ2n) is 8.21. The molecule has 0 heterocycles. The van der Waals surface area contributed by atoms with E-state index in [9.17, 15) is 34.2 Å². The molecule has 0 saturated heterocycles. The molecule has 5 unspecified atom stereocenters. The van der Waals surface area contributed by atoms with E-state index in [1.54, 1.807) is 0 Å². The zero-order chi connectivity index (χ0) is 25.7. The van der Waals surface area contributed by atoms with Crippen LogP contribution in [-0.2, 0) is 24.0 Å². The van der Waals surface area contributed by atoms with Gasteiger partial charge in [0.1, 0.15) is 18.1 Å². The van der Waals surface area contributed by atoms with Crippen LogP contribution < -0.4 is 27.4 Å². The number of carbonyl (C=O) groups excluding carboxylic acids is 4. The Morgan fingerprint density at radius 2 is 1.48 bits per heavy atom. The molecule has 12 nitrogen and oxygen atoms in total. The Kier molecular flexibility index (Phi) is 14.3. The molecule has 0 aromatic rings. The van der Waals surface area contributed by atoms with Gasteiger partial charge in [0.25, 0.3) is 0 Å². The summed E-state index contributed by atoms with van der Waals surface area (Å²) in [5.74, 6) is -3.66. The third-order valence-electron chi connectivity index (χ3n) is 4.67. The van der Waals surface area contributed by atoms with Crippen molar-refractivity contribution in [3.05, 3.63) is 0 Å². The second kappa shape index (κ2) is 15.5. The van der Waals surface area contributed by atoms with Gasteiger partial charge in [0.15, 0.2) is 0 Å². The number of hydrogen-bond acceptors (Lipinski definition) is 8. The van der Waals surface area contributed by atoms with Crippen LogP contribution in [0.3, 0.4) is 0 Å². The summed E-state index contributed by atoms with van der Waals surface area (Å²) in [6.07, 6.45) is 0.641. The van der Waals surface area contributed by atoms with Gasteiger partial charge in [-0.05, 0) is 44.1 Å². The summed E-state index contributed by atoms with van der Waals surface area (Å²) in [5.41, 5.74) is 10.9. The molecular formula is C20H37N5O7S. The monoisotopic (exact) mass is 491 g/mol. The Morgan fingerprint density at radius 1 is 0.909 bits per heavy atom. The normalized spacial score (nSPS) is 15.6. The molecule has 0 aromatic carbocycles. The molecule has 33 heavy (non-hydrogen) atoms. The van der Waals surface area contributed by atoms with Crippen molar-refractivity contribution < 1.29 is 34.2 Å². The fourth-order valence-electron chi connectivity index (χ4n) is 2.82. The smallest absolute Gasteiger partial charge is 0.326 e. The first-order valence-electron chi connectivity index (χ1n) is 10.6. The maximum absolute atomic E-state index is 12.9. The minimum atomic E-state index is -1.50. The van der Waals surface area contributed by atoms with Crippen molar-refractivity contribution in [2.75, 3.05) is 12.0 Å². The number of rotatable bonds is 16. The predicted molar refractivity (Wildman–Crippen MR) is 124 cm³/mol. The van der Waals surface area contributed by atoms with Gasteiger partial charge in [0, 0.05) is 6.42 Å². The van der Waals surface area contributed by atoms with E-state index < -0.39 is 59.9 Å². The average molecular weight is 492 g/mol. The molecule has 0 aliphatic heterocycles. The van der Waals surface area contributed by atoms with Gasteiger partial charge in [-0.25, -0.2) is 4.79 Å². The summed E-state index contributed by atoms with van der Waals surface area (Å²) in [5, 5.41) is 26.4. The van der Waals surface area contributed by atoms with E-state index in [0.29, 0.717) is 12.2 Å². The number of carboxylic acids is 1. The minimum absolute atomic E-state index is 0.00693. The van der Waals surface area contributed by atoms with Crippen LogP contribution in [0, 0.1) is 5.92 Å². The molecule has 0 spiro atoms. The number of amides is 4. The maximum Gasteiger partial charge on any atom is 0.326 e. The van der Waals surface area contributed by atoms with Crippen molar-refractivity contribution in [1.82, 2.24) is 16.0 Å². The van der Waals surface area contributed by atoms with Crippen molar-refractivity contribution in [3.8, 4) is 0 Å². The van der Waals surface area contributed by atoms with Gasteiger partial charge < -0.3 is 37.6 Å². The summed E-state index contributed by atoms with van der Waals surface area (Å²) in [7, 11) is 0. The molecule has 0 rings (SSSR count). The number of hydrogen-bond donors (Lipinski definition) is 7. The minimum Gasteiger partial charge on any atom is -0.480 e. The Labute approximate surface area is 198 Å². The maximum atomic E-state index is 12.9. The first-order chi connectivity index (χ1) is 15.3. The van der Waals surface area contributed by atoms with Crippen LogP contribution >= 0.6 is 11.8 Å². The van der Waals surface area contributed by atoms with Crippen molar-refractivity contribution >= 4 is 41.4 Å². The summed E-state index contributed by atoms with van der Waals surface area (Å²) in [6.45, 7) is 4.93. The summed E-state index contributed by atoms with van der Waals surface area (Å²) in [6, 6.07) is -4.76. The molecule has 0 fully saturated rings. The topological polar surface area (TPSA) is 214 Å². The van der Waals surface area contributed by atoms with Crippen LogP contribution in [0.4, 0.5) is 0 Å². The molecule has 13 heteroatoms. The number of primary amides is 1. The third-order valence-corrected chi connectivity index (χ3v) is 5.31. The molecule has 0 bridgehead atoms. The average Bonchev–Trinajstić information content (AvgIpc) is 2.71. The fourth-order valence-corrected chi connectivity index (χ4v) is 3.31. The number of aliphatic hydroxyl groups is 1. The van der Waals surface area contributed by atoms with Gasteiger partial charge in [0.05, 0.1) is 12.1 Å². The SMILES string of the molecule is CSCCC(N)C(=O)NC(CC(C)C)C(=O)NC(C(=O)NC(CCC(N)=O)C(=O)O)C(C)O. The summed E-state index contributed by atoms with van der Waals surface area (Å²) in [4.78, 5) is 60.2. The molecule has 0 saturated carbocycles. The highest BCUT2D eigenvalue weighted by Crippen LogP contribution is 2.08. The Morgan fingerprint density at radius 3 is 1.94 bits per heavy atom. The zero-order valence-corrected chi connectivity index (χ0v) is 20.3. The largest absolute Gasteiger partial charge is 0.480 e. The van der Waals surface area contributed by atoms with Gasteiger partial charge in [-0.15, -0.1) is 0 Å². The van der Waals surface area contributed by atoms with Crippen molar-refractivity contribution in [2.24, 2.45) is 17.4 Å². The van der Waals surface area contributed by atoms with E-state index in [2.05, 4.69) is 16.0 Å². The van der Waals surface area contributed by atoms with Gasteiger partial charge in [-0.1, -0.05) is 13.8 Å². The van der Waals surface area contributed by atoms with Crippen LogP contribution in [-0.4, -0.2) is 82.1 Å². The van der Waals surface area contributed by atoms with Gasteiger partial charge in [0.2, 0.25) is 23.6 Å². The van der Waals surface area contributed by atoms with Crippen molar-refractivity contribution in [3.63, 3.8) is 0 Å². The number of thioether (sulfide) groups is 1. The van der Waals surface area contributed by atoms with Crippen LogP contribution in [0.5, 0.6) is 0 Å². The number of aliphatic carboxylic acids is 1. The molecule has 190 valence electrons. The Bertz CT molecular complexity index is 690. The first-order valence-corrected chi connectivity index (χ1v) is 12.0. The van der Waals surface area contributed by atoms with E-state index in [1.165, 1.54) is 18.7 Å². The lowest BCUT2D eigenvalue weighted by atomic mass is 10.0. The van der Waals surface area contributed by atoms with Crippen molar-refractivity contribution in [1.29, 1.82) is 0 Å². The number of carboxylic acid groups (broad SMARTS) is 1. The second-order valence-corrected chi connectivity index (χ2v) is 9.20. The van der Waals surface area contributed by atoms with Crippen LogP contribution in [0.1, 0.15) is 46.5 Å². The van der Waals surface area contributed by atoms with Crippen molar-refractivity contribution in [2.45, 2.75) is 76.7 Å². The lowest BCUT2D eigenvalue weighted by Gasteiger charge is -2.27. The quantitative estimate of drug-likeness (QED) is 0.131. The summed E-state index contributed by atoms with van der Waals surface area (Å²) >= 11 is 1.53. The number of carbonyl (C=O) groups is 5. The van der Waals surface area contributed by atoms with E-state index in [1.807, 2.05) is 20.1 Å². The van der Waals surface area contributed by atoms with Gasteiger partial charge >= 0.3 is 5.97 Å². The van der Waals surface area contributed by atoms with Gasteiger partial charge in [-0.3, -0.25) is 19.2 Å². The molecular weight excluding hydrogens is 454 g/mol. The summed E-state index contributed by atoms with van der Waals surface area (Å²) < 4.78 is 0. The number of aliphatic hydroxyl groups excluding tert-OH is 1. The van der Waals surface area contributed by atoms with Crippen LogP contribution in [0.15, 0.2) is 0 Å². The Hall–Kier alpha value is -2.38. The van der Waals surface area contributed by atoms with E-state index in [4.69, 9.17) is 11.5 Å². The molecule has 0 radical (unpaired) electrons. The lowest BCUT2D eigenvalue weighted by molar-refractivity contribution is -0.143. The molecule has 9 N–H and O–H groups in total. The molecule has 0 aliphatic rings. The zero-order valence-electron chi connectivity index (χ0n) is 19.5. The highest BCUT2D eigenvalue weighted by molar-refractivity contribution is 7.98. The standard InChI is InChI=1S/C20H37N5O7S/c1-10(2)9-14(24-17(28)12(21)7-8-33-4)18(29)25-16(11(3)26)19(30)23-13(20(31)32)5-6-15(22)27/h10-14,16,26H,5-9,21H2,1-4H3,(H2,22,27)(H,23,30)(H,24,28)(H,25,29)(H,31,32). The van der Waals surface area contributed by atoms with Crippen LogP contribution in [0.25, 0.3) is 0 Å². The highest BCUT2D eigenvalue weighted by Gasteiger charge is 2.33. The van der Waals surface area contributed by atoms with E-state index >= 15 is 0 Å². The van der Waals surface area contributed by atoms with Gasteiger partial charge in [-0.2, -0.15) is 11.8 Å². The molecule has 5 atom stereocenters. The Balaban J connectivity index is 5.37. The third kappa shape index (κ3) is 12.4. The van der Waals surface area contributed by atoms with E-state index in [0.717, 1.165) is 0 Å². The lowest BCUT2D eigenvalue weighted by Crippen LogP contribution is -2.60. The fraction of sp³-hybridized carbons (Fsp3) is 0.750. The number of nitrogens with two attached hydrogens (primary N) is 2. The molecule has 0 aliphatic carbocycles. The number of nitrogens with one attached hydrogen (secondary N) is 3. The van der Waals surface area contributed by atoms with Crippen LogP contribution in [0.2, 0.25) is 0 Å². The molecule has 4 amide bonds.